The first-order valence-corrected chi connectivity index (χ1v) is 14.5. The maximum atomic E-state index is 10.2. The number of aliphatic hydroxyl groups excluding tert-OH is 1. The van der Waals surface area contributed by atoms with E-state index in [0.29, 0.717) is 23.4 Å². The van der Waals surface area contributed by atoms with Crippen LogP contribution in [0.15, 0.2) is 46.8 Å². The van der Waals surface area contributed by atoms with Crippen molar-refractivity contribution >= 4 is 23.4 Å². The molecule has 0 bridgehead atoms. The molecule has 3 aromatic heterocycles. The predicted molar refractivity (Wildman–Crippen MR) is 146 cm³/mol. The summed E-state index contributed by atoms with van der Waals surface area (Å²) in [4.78, 5) is 19.7. The lowest BCUT2D eigenvalue weighted by molar-refractivity contribution is 0.0973. The van der Waals surface area contributed by atoms with E-state index >= 15 is 0 Å². The first-order chi connectivity index (χ1) is 19.0. The van der Waals surface area contributed by atoms with Crippen molar-refractivity contribution in [3.8, 4) is 5.75 Å². The molecule has 0 amide bonds. The van der Waals surface area contributed by atoms with Gasteiger partial charge >= 0.3 is 0 Å². The number of aromatic nitrogens is 5. The lowest BCUT2D eigenvalue weighted by Crippen LogP contribution is -2.51. The summed E-state index contributed by atoms with van der Waals surface area (Å²) in [5, 5.41) is 15.3. The number of nitrogens with zero attached hydrogens (tertiary/aromatic N) is 7. The number of pyridine rings is 1. The summed E-state index contributed by atoms with van der Waals surface area (Å²) in [6.45, 7) is 5.70. The van der Waals surface area contributed by atoms with E-state index in [-0.39, 0.29) is 30.2 Å². The number of nitrogens with two attached hydrogens (primary N) is 1. The van der Waals surface area contributed by atoms with Crippen molar-refractivity contribution in [2.24, 2.45) is 11.1 Å². The van der Waals surface area contributed by atoms with Gasteiger partial charge in [0.15, 0.2) is 17.4 Å². The number of anilines is 2. The molecule has 3 fully saturated rings. The van der Waals surface area contributed by atoms with Gasteiger partial charge in [0.05, 0.1) is 42.5 Å². The molecule has 0 aliphatic carbocycles. The Kier molecular flexibility index (Phi) is 6.37. The summed E-state index contributed by atoms with van der Waals surface area (Å²) in [5.41, 5.74) is 7.11. The smallest absolute Gasteiger partial charge is 0.175 e. The molecule has 4 aliphatic rings. The Bertz CT molecular complexity index is 1330. The van der Waals surface area contributed by atoms with Crippen LogP contribution >= 0.6 is 11.8 Å². The fourth-order valence-electron chi connectivity index (χ4n) is 6.59. The lowest BCUT2D eigenvalue weighted by atomic mass is 9.73. The van der Waals surface area contributed by atoms with Crippen LogP contribution in [0.1, 0.15) is 37.9 Å². The van der Waals surface area contributed by atoms with Crippen molar-refractivity contribution in [2.75, 3.05) is 42.6 Å². The largest absolute Gasteiger partial charge is 0.486 e. The third-order valence-corrected chi connectivity index (χ3v) is 9.85. The Labute approximate surface area is 231 Å². The summed E-state index contributed by atoms with van der Waals surface area (Å²) in [7, 11) is 0. The molecule has 0 saturated carbocycles. The Hall–Kier alpha value is -2.93. The van der Waals surface area contributed by atoms with Crippen LogP contribution in [0.25, 0.3) is 0 Å². The second kappa shape index (κ2) is 9.92. The van der Waals surface area contributed by atoms with Crippen LogP contribution in [0.5, 0.6) is 5.75 Å². The quantitative estimate of drug-likeness (QED) is 0.485. The molecule has 3 N–H and O–H groups in total. The third-order valence-electron chi connectivity index (χ3n) is 8.90. The number of ether oxygens (including phenoxy) is 2. The number of rotatable bonds is 5. The predicted octanol–water partition coefficient (Wildman–Crippen LogP) is 2.26. The normalized spacial score (nSPS) is 27.5. The van der Waals surface area contributed by atoms with Crippen LogP contribution in [0.3, 0.4) is 0 Å². The first kappa shape index (κ1) is 25.1. The molecular formula is C27H34N8O3S. The van der Waals surface area contributed by atoms with Gasteiger partial charge < -0.3 is 30.1 Å². The van der Waals surface area contributed by atoms with E-state index in [1.165, 1.54) is 11.8 Å². The van der Waals surface area contributed by atoms with Crippen molar-refractivity contribution in [2.45, 2.75) is 66.9 Å². The average Bonchev–Trinajstić information content (AvgIpc) is 3.71. The van der Waals surface area contributed by atoms with E-state index in [2.05, 4.69) is 26.8 Å². The van der Waals surface area contributed by atoms with Gasteiger partial charge in [-0.25, -0.2) is 15.0 Å². The van der Waals surface area contributed by atoms with Crippen molar-refractivity contribution in [1.82, 2.24) is 24.7 Å². The fourth-order valence-corrected chi connectivity index (χ4v) is 7.45. The van der Waals surface area contributed by atoms with Gasteiger partial charge in [-0.2, -0.15) is 5.10 Å². The summed E-state index contributed by atoms with van der Waals surface area (Å²) in [6, 6.07) is 4.55. The Morgan fingerprint density at radius 1 is 1.18 bits per heavy atom. The maximum absolute atomic E-state index is 10.2. The zero-order chi connectivity index (χ0) is 26.6. The summed E-state index contributed by atoms with van der Waals surface area (Å²) < 4.78 is 14.2. The van der Waals surface area contributed by atoms with Crippen LogP contribution in [-0.4, -0.2) is 80.9 Å². The average molecular weight is 551 g/mol. The number of piperidine rings is 1. The van der Waals surface area contributed by atoms with Crippen LogP contribution in [0.4, 0.5) is 11.6 Å². The summed E-state index contributed by atoms with van der Waals surface area (Å²) in [6.07, 6.45) is 10.4. The molecule has 11 nitrogen and oxygen atoms in total. The molecule has 0 unspecified atom stereocenters. The van der Waals surface area contributed by atoms with Gasteiger partial charge in [-0.3, -0.25) is 4.68 Å². The van der Waals surface area contributed by atoms with E-state index in [1.54, 1.807) is 6.20 Å². The highest BCUT2D eigenvalue weighted by molar-refractivity contribution is 7.99. The highest BCUT2D eigenvalue weighted by atomic mass is 32.2. The fraction of sp³-hybridized carbons (Fsp3) is 0.556. The van der Waals surface area contributed by atoms with E-state index < -0.39 is 0 Å². The van der Waals surface area contributed by atoms with E-state index in [4.69, 9.17) is 25.2 Å². The standard InChI is InChI=1S/C27H34N8O3S/c1-17-24(28)27(16-38-17)4-9-33(10-5-27)25-20(14-36)32-22(12-30-25)39-21-3-7-29-26-23(21)37-15-19-11-18(13-34(19)26)35-8-2-6-31-35/h2-3,6-8,12,17-19,24,36H,4-5,9-11,13-16,28H2,1H3/t17-,18-,19-,24+/m0/s1. The topological polar surface area (TPSA) is 128 Å². The number of fused-ring (bicyclic) bond motifs is 3. The SMILES string of the molecule is C[C@@H]1OCC2(CCN(c3ncc(Sc4ccnc5c4OC[C@@H]4C[C@H](n6cccn6)CN54)nc3CO)CC2)[C@@H]1N. The van der Waals surface area contributed by atoms with Crippen LogP contribution in [0, 0.1) is 5.41 Å². The van der Waals surface area contributed by atoms with E-state index in [9.17, 15) is 5.11 Å². The van der Waals surface area contributed by atoms with E-state index in [0.717, 1.165) is 67.8 Å². The van der Waals surface area contributed by atoms with Gasteiger partial charge in [0.2, 0.25) is 0 Å². The highest BCUT2D eigenvalue weighted by Gasteiger charge is 2.48. The molecular weight excluding hydrogens is 516 g/mol. The molecule has 3 saturated heterocycles. The highest BCUT2D eigenvalue weighted by Crippen LogP contribution is 2.46. The minimum Gasteiger partial charge on any atom is -0.486 e. The minimum atomic E-state index is -0.173. The zero-order valence-electron chi connectivity index (χ0n) is 22.0. The molecule has 7 heterocycles. The van der Waals surface area contributed by atoms with Crippen LogP contribution in [0.2, 0.25) is 0 Å². The molecule has 1 spiro atoms. The van der Waals surface area contributed by atoms with E-state index in [1.807, 2.05) is 35.4 Å². The molecule has 206 valence electrons. The molecule has 0 aromatic carbocycles. The van der Waals surface area contributed by atoms with Gasteiger partial charge in [0.1, 0.15) is 17.3 Å². The Morgan fingerprint density at radius 2 is 2.05 bits per heavy atom. The second-order valence-corrected chi connectivity index (χ2v) is 12.1. The lowest BCUT2D eigenvalue weighted by Gasteiger charge is -2.41. The second-order valence-electron chi connectivity index (χ2n) is 11.1. The van der Waals surface area contributed by atoms with Gasteiger partial charge in [0, 0.05) is 49.7 Å². The maximum Gasteiger partial charge on any atom is 0.175 e. The molecule has 0 radical (unpaired) electrons. The van der Waals surface area contributed by atoms with Crippen molar-refractivity contribution < 1.29 is 14.6 Å². The minimum absolute atomic E-state index is 0.0334. The zero-order valence-corrected chi connectivity index (χ0v) is 22.8. The molecule has 7 rings (SSSR count). The van der Waals surface area contributed by atoms with Crippen molar-refractivity contribution in [3.63, 3.8) is 0 Å². The van der Waals surface area contributed by atoms with Gasteiger partial charge in [-0.15, -0.1) is 0 Å². The van der Waals surface area contributed by atoms with Crippen LogP contribution < -0.4 is 20.3 Å². The summed E-state index contributed by atoms with van der Waals surface area (Å²) in [5.74, 6) is 2.39. The number of hydrogen-bond donors (Lipinski definition) is 2. The molecule has 12 heteroatoms. The van der Waals surface area contributed by atoms with Gasteiger partial charge in [0.25, 0.3) is 0 Å². The van der Waals surface area contributed by atoms with Gasteiger partial charge in [-0.1, -0.05) is 11.8 Å². The van der Waals surface area contributed by atoms with Crippen LogP contribution in [-0.2, 0) is 11.3 Å². The van der Waals surface area contributed by atoms with Crippen molar-refractivity contribution in [3.05, 3.63) is 42.6 Å². The number of aliphatic hydroxyl groups is 1. The number of hydrogen-bond acceptors (Lipinski definition) is 11. The molecule has 4 aliphatic heterocycles. The third kappa shape index (κ3) is 4.33. The van der Waals surface area contributed by atoms with Crippen molar-refractivity contribution in [1.29, 1.82) is 0 Å². The monoisotopic (exact) mass is 550 g/mol. The first-order valence-electron chi connectivity index (χ1n) is 13.7. The molecule has 4 atom stereocenters. The molecule has 3 aromatic rings. The summed E-state index contributed by atoms with van der Waals surface area (Å²) >= 11 is 1.49. The Morgan fingerprint density at radius 3 is 2.79 bits per heavy atom. The molecule has 39 heavy (non-hydrogen) atoms. The Balaban J connectivity index is 1.08. The van der Waals surface area contributed by atoms with Gasteiger partial charge in [-0.05, 0) is 38.3 Å².